The van der Waals surface area contributed by atoms with E-state index in [0.29, 0.717) is 36.5 Å². The van der Waals surface area contributed by atoms with E-state index in [1.165, 1.54) is 11.8 Å². The van der Waals surface area contributed by atoms with Gasteiger partial charge in [0, 0.05) is 6.54 Å². The van der Waals surface area contributed by atoms with Gasteiger partial charge in [0.15, 0.2) is 5.16 Å². The molecule has 7 nitrogen and oxygen atoms in total. The molecule has 1 amide bonds. The first-order valence-electron chi connectivity index (χ1n) is 9.17. The summed E-state index contributed by atoms with van der Waals surface area (Å²) < 4.78 is 12.3. The van der Waals surface area contributed by atoms with E-state index in [4.69, 9.17) is 9.15 Å². The highest BCUT2D eigenvalue weighted by Gasteiger charge is 2.20. The Morgan fingerprint density at radius 3 is 2.82 bits per heavy atom. The van der Waals surface area contributed by atoms with Crippen molar-refractivity contribution in [3.05, 3.63) is 47.9 Å². The first-order valence-corrected chi connectivity index (χ1v) is 10.1. The summed E-state index contributed by atoms with van der Waals surface area (Å²) in [6.07, 6.45) is 1.58. The molecule has 0 radical (unpaired) electrons. The normalized spacial score (nSPS) is 12.1. The number of aromatic nitrogens is 2. The number of furan rings is 1. The molecule has 0 aliphatic heterocycles. The van der Waals surface area contributed by atoms with Gasteiger partial charge in [0.1, 0.15) is 5.76 Å². The molecule has 8 heteroatoms. The zero-order valence-electron chi connectivity index (χ0n) is 16.1. The van der Waals surface area contributed by atoms with Gasteiger partial charge >= 0.3 is 5.97 Å². The Morgan fingerprint density at radius 1 is 1.32 bits per heavy atom. The summed E-state index contributed by atoms with van der Waals surface area (Å²) in [6.45, 7) is 7.01. The zero-order chi connectivity index (χ0) is 20.1. The van der Waals surface area contributed by atoms with Gasteiger partial charge in [-0.3, -0.25) is 4.79 Å². The summed E-state index contributed by atoms with van der Waals surface area (Å²) in [4.78, 5) is 29.0. The number of ether oxygens (including phenoxy) is 1. The average molecular weight is 401 g/mol. The van der Waals surface area contributed by atoms with E-state index in [9.17, 15) is 9.59 Å². The molecule has 1 atom stereocenters. The second kappa shape index (κ2) is 8.97. The maximum atomic E-state index is 12.4. The monoisotopic (exact) mass is 401 g/mol. The smallest absolute Gasteiger partial charge is 0.338 e. The molecule has 0 bridgehead atoms. The van der Waals surface area contributed by atoms with E-state index in [0.717, 1.165) is 10.7 Å². The predicted octanol–water partition coefficient (Wildman–Crippen LogP) is 3.62. The topological polar surface area (TPSA) is 86.4 Å². The minimum absolute atomic E-state index is 0.0941. The van der Waals surface area contributed by atoms with E-state index in [1.807, 2.05) is 30.5 Å². The third kappa shape index (κ3) is 4.39. The van der Waals surface area contributed by atoms with E-state index >= 15 is 0 Å². The number of nitrogens with zero attached hydrogens (tertiary/aromatic N) is 2. The third-order valence-electron chi connectivity index (χ3n) is 4.21. The van der Waals surface area contributed by atoms with Crippen LogP contribution >= 0.6 is 11.8 Å². The molecule has 0 aliphatic rings. The Hall–Kier alpha value is -2.74. The van der Waals surface area contributed by atoms with Crippen molar-refractivity contribution in [3.63, 3.8) is 0 Å². The first kappa shape index (κ1) is 20.0. The van der Waals surface area contributed by atoms with Crippen molar-refractivity contribution < 1.29 is 18.7 Å². The fraction of sp³-hybridized carbons (Fsp3) is 0.350. The van der Waals surface area contributed by atoms with Crippen LogP contribution in [0.1, 0.15) is 36.9 Å². The number of esters is 1. The van der Waals surface area contributed by atoms with Crippen LogP contribution in [-0.4, -0.2) is 33.3 Å². The highest BCUT2D eigenvalue weighted by Crippen LogP contribution is 2.28. The van der Waals surface area contributed by atoms with Crippen LogP contribution < -0.4 is 5.32 Å². The minimum atomic E-state index is -0.365. The van der Waals surface area contributed by atoms with Crippen LogP contribution in [0.3, 0.4) is 0 Å². The molecule has 3 rings (SSSR count). The van der Waals surface area contributed by atoms with Gasteiger partial charge in [-0.2, -0.15) is 0 Å². The highest BCUT2D eigenvalue weighted by molar-refractivity contribution is 8.00. The molecule has 2 aromatic heterocycles. The van der Waals surface area contributed by atoms with Crippen molar-refractivity contribution in [2.45, 2.75) is 44.3 Å². The average Bonchev–Trinajstić information content (AvgIpc) is 3.32. The summed E-state index contributed by atoms with van der Waals surface area (Å²) in [5.74, 6) is 0.247. The van der Waals surface area contributed by atoms with Crippen molar-refractivity contribution in [1.29, 1.82) is 0 Å². The lowest BCUT2D eigenvalue weighted by molar-refractivity contribution is -0.120. The summed E-state index contributed by atoms with van der Waals surface area (Å²) >= 11 is 1.38. The van der Waals surface area contributed by atoms with E-state index < -0.39 is 0 Å². The highest BCUT2D eigenvalue weighted by atomic mass is 32.2. The maximum Gasteiger partial charge on any atom is 0.338 e. The number of nitrogens with one attached hydrogen (secondary N) is 1. The number of hydrogen-bond acceptors (Lipinski definition) is 6. The number of fused-ring (bicyclic) bond motifs is 1. The Morgan fingerprint density at radius 2 is 2.14 bits per heavy atom. The number of carbonyl (C=O) groups excluding carboxylic acids is 2. The minimum Gasteiger partial charge on any atom is -0.467 e. The number of benzene rings is 1. The lowest BCUT2D eigenvalue weighted by Crippen LogP contribution is -2.30. The van der Waals surface area contributed by atoms with Gasteiger partial charge in [-0.25, -0.2) is 9.78 Å². The lowest BCUT2D eigenvalue weighted by Gasteiger charge is -2.12. The van der Waals surface area contributed by atoms with E-state index in [2.05, 4.69) is 10.3 Å². The number of rotatable bonds is 8. The Labute approximate surface area is 167 Å². The largest absolute Gasteiger partial charge is 0.467 e. The summed E-state index contributed by atoms with van der Waals surface area (Å²) in [5, 5.41) is 3.27. The van der Waals surface area contributed by atoms with Crippen molar-refractivity contribution in [3.8, 4) is 0 Å². The van der Waals surface area contributed by atoms with Crippen LogP contribution in [0.25, 0.3) is 11.0 Å². The molecule has 0 spiro atoms. The van der Waals surface area contributed by atoms with Gasteiger partial charge in [-0.05, 0) is 51.1 Å². The van der Waals surface area contributed by atoms with Crippen LogP contribution in [0.5, 0.6) is 0 Å². The van der Waals surface area contributed by atoms with Gasteiger partial charge in [-0.15, -0.1) is 0 Å². The molecule has 2 heterocycles. The lowest BCUT2D eigenvalue weighted by atomic mass is 10.2. The van der Waals surface area contributed by atoms with Crippen LogP contribution in [0, 0.1) is 0 Å². The molecule has 0 saturated heterocycles. The number of imidazole rings is 1. The molecule has 148 valence electrons. The molecule has 3 aromatic rings. The first-order chi connectivity index (χ1) is 13.5. The fourth-order valence-corrected chi connectivity index (χ4v) is 3.80. The molecule has 1 aromatic carbocycles. The number of amides is 1. The Balaban J connectivity index is 1.75. The molecule has 0 fully saturated rings. The van der Waals surface area contributed by atoms with Gasteiger partial charge in [0.05, 0.1) is 41.3 Å². The van der Waals surface area contributed by atoms with Crippen molar-refractivity contribution in [2.75, 3.05) is 6.61 Å². The van der Waals surface area contributed by atoms with Crippen LogP contribution in [0.2, 0.25) is 0 Å². The third-order valence-corrected chi connectivity index (χ3v) is 5.30. The van der Waals surface area contributed by atoms with Crippen molar-refractivity contribution >= 4 is 34.7 Å². The second-order valence-corrected chi connectivity index (χ2v) is 7.43. The zero-order valence-corrected chi connectivity index (χ0v) is 16.9. The number of thioether (sulfide) groups is 1. The predicted molar refractivity (Wildman–Crippen MR) is 107 cm³/mol. The SMILES string of the molecule is CCOC(=O)c1ccc2c(c1)nc(S[C@@H](C)C(=O)NCc1ccco1)n2CC. The second-order valence-electron chi connectivity index (χ2n) is 6.12. The molecule has 1 N–H and O–H groups in total. The molecular weight excluding hydrogens is 378 g/mol. The Kier molecular flexibility index (Phi) is 6.41. The van der Waals surface area contributed by atoms with Gasteiger partial charge in [0.2, 0.25) is 5.91 Å². The number of aryl methyl sites for hydroxylation is 1. The van der Waals surface area contributed by atoms with Gasteiger partial charge < -0.3 is 19.0 Å². The van der Waals surface area contributed by atoms with E-state index in [-0.39, 0.29) is 17.1 Å². The molecule has 0 aliphatic carbocycles. The van der Waals surface area contributed by atoms with Gasteiger partial charge in [-0.1, -0.05) is 11.8 Å². The molecule has 0 unspecified atom stereocenters. The summed E-state index contributed by atoms with van der Waals surface area (Å²) in [7, 11) is 0. The fourth-order valence-electron chi connectivity index (χ4n) is 2.79. The van der Waals surface area contributed by atoms with E-state index in [1.54, 1.807) is 31.4 Å². The van der Waals surface area contributed by atoms with Crippen LogP contribution in [-0.2, 0) is 22.6 Å². The summed E-state index contributed by atoms with van der Waals surface area (Å²) in [6, 6.07) is 8.93. The van der Waals surface area contributed by atoms with Crippen LogP contribution in [0.15, 0.2) is 46.2 Å². The number of carbonyl (C=O) groups is 2. The Bertz CT molecular complexity index is 965. The molecule has 0 saturated carbocycles. The number of hydrogen-bond donors (Lipinski definition) is 1. The standard InChI is InChI=1S/C20H23N3O4S/c1-4-23-17-9-8-14(19(25)26-5-2)11-16(17)22-20(23)28-13(3)18(24)21-12-15-7-6-10-27-15/h6-11,13H,4-5,12H2,1-3H3,(H,21,24)/t13-/m0/s1. The molecular formula is C20H23N3O4S. The van der Waals surface area contributed by atoms with Crippen molar-refractivity contribution in [2.24, 2.45) is 0 Å². The van der Waals surface area contributed by atoms with Crippen molar-refractivity contribution in [1.82, 2.24) is 14.9 Å². The summed E-state index contributed by atoms with van der Waals surface area (Å²) in [5.41, 5.74) is 2.09. The molecule has 28 heavy (non-hydrogen) atoms. The van der Waals surface area contributed by atoms with Gasteiger partial charge in [0.25, 0.3) is 0 Å². The quantitative estimate of drug-likeness (QED) is 0.458. The van der Waals surface area contributed by atoms with Crippen LogP contribution in [0.4, 0.5) is 0 Å². The maximum absolute atomic E-state index is 12.4.